The molecule has 2 N–H and O–H groups in total. The van der Waals surface area contributed by atoms with Crippen molar-refractivity contribution < 1.29 is 17.9 Å². The Balaban J connectivity index is 2.52. The highest BCUT2D eigenvalue weighted by atomic mass is 19.4. The molecule has 22 heavy (non-hydrogen) atoms. The van der Waals surface area contributed by atoms with Crippen LogP contribution in [0.1, 0.15) is 27.2 Å². The van der Waals surface area contributed by atoms with Gasteiger partial charge in [0, 0.05) is 32.8 Å². The summed E-state index contributed by atoms with van der Waals surface area (Å²) in [5.41, 5.74) is -0.375. The minimum Gasteiger partial charge on any atom is -0.377 e. The Morgan fingerprint density at radius 2 is 2.05 bits per heavy atom. The molecule has 5 nitrogen and oxygen atoms in total. The van der Waals surface area contributed by atoms with Gasteiger partial charge in [0.2, 0.25) is 0 Å². The quantitative estimate of drug-likeness (QED) is 0.576. The summed E-state index contributed by atoms with van der Waals surface area (Å²) in [6, 6.07) is -0.0224. The van der Waals surface area contributed by atoms with Crippen molar-refractivity contribution in [3.8, 4) is 0 Å². The zero-order chi connectivity index (χ0) is 16.8. The standard InChI is InChI=1S/C14H27F3N4O/c1-5-18-12(19-9-13(2,3)22-4)20-11-6-7-21(8-11)10-14(15,16)17/h11H,5-10H2,1-4H3,(H2,18,19,20). The van der Waals surface area contributed by atoms with E-state index in [2.05, 4.69) is 15.6 Å². The molecule has 0 aliphatic carbocycles. The molecule has 0 aromatic heterocycles. The first kappa shape index (κ1) is 19.0. The highest BCUT2D eigenvalue weighted by Crippen LogP contribution is 2.19. The van der Waals surface area contributed by atoms with Crippen molar-refractivity contribution in [2.75, 3.05) is 39.8 Å². The van der Waals surface area contributed by atoms with Gasteiger partial charge in [0.25, 0.3) is 0 Å². The van der Waals surface area contributed by atoms with E-state index in [4.69, 9.17) is 4.74 Å². The van der Waals surface area contributed by atoms with E-state index in [0.717, 1.165) is 0 Å². The number of hydrogen-bond acceptors (Lipinski definition) is 3. The number of alkyl halides is 3. The maximum Gasteiger partial charge on any atom is 0.401 e. The molecule has 0 amide bonds. The van der Waals surface area contributed by atoms with E-state index in [9.17, 15) is 13.2 Å². The van der Waals surface area contributed by atoms with Crippen molar-refractivity contribution in [3.63, 3.8) is 0 Å². The first-order valence-corrected chi connectivity index (χ1v) is 7.54. The Bertz CT molecular complexity index is 372. The number of nitrogens with one attached hydrogen (secondary N) is 2. The number of likely N-dealkylation sites (tertiary alicyclic amines) is 1. The van der Waals surface area contributed by atoms with Crippen LogP contribution in [0.25, 0.3) is 0 Å². The average Bonchev–Trinajstić information content (AvgIpc) is 2.81. The fraction of sp³-hybridized carbons (Fsp3) is 0.929. The summed E-state index contributed by atoms with van der Waals surface area (Å²) < 4.78 is 42.5. The topological polar surface area (TPSA) is 48.9 Å². The van der Waals surface area contributed by atoms with Crippen LogP contribution in [0, 0.1) is 0 Å². The monoisotopic (exact) mass is 324 g/mol. The highest BCUT2D eigenvalue weighted by molar-refractivity contribution is 5.80. The summed E-state index contributed by atoms with van der Waals surface area (Å²) in [5, 5.41) is 6.32. The minimum absolute atomic E-state index is 0.0224. The lowest BCUT2D eigenvalue weighted by Crippen LogP contribution is -2.46. The number of guanidine groups is 1. The molecule has 0 aromatic carbocycles. The van der Waals surface area contributed by atoms with Crippen LogP contribution in [0.4, 0.5) is 13.2 Å². The van der Waals surface area contributed by atoms with Crippen LogP contribution in [-0.4, -0.2) is 68.5 Å². The zero-order valence-corrected chi connectivity index (χ0v) is 13.8. The van der Waals surface area contributed by atoms with Crippen LogP contribution in [0.2, 0.25) is 0 Å². The third-order valence-corrected chi connectivity index (χ3v) is 3.53. The van der Waals surface area contributed by atoms with Crippen LogP contribution in [0.15, 0.2) is 4.99 Å². The molecule has 1 fully saturated rings. The maximum atomic E-state index is 12.4. The van der Waals surface area contributed by atoms with Crippen LogP contribution in [0.3, 0.4) is 0 Å². The molecule has 130 valence electrons. The van der Waals surface area contributed by atoms with Gasteiger partial charge in [-0.2, -0.15) is 13.2 Å². The zero-order valence-electron chi connectivity index (χ0n) is 13.8. The number of halogens is 3. The van der Waals surface area contributed by atoms with E-state index in [1.54, 1.807) is 7.11 Å². The average molecular weight is 324 g/mol. The van der Waals surface area contributed by atoms with E-state index in [0.29, 0.717) is 38.6 Å². The number of ether oxygens (including phenoxy) is 1. The predicted octanol–water partition coefficient (Wildman–Crippen LogP) is 1.60. The molecule has 0 radical (unpaired) electrons. The van der Waals surface area contributed by atoms with Crippen molar-refractivity contribution in [2.24, 2.45) is 4.99 Å². The van der Waals surface area contributed by atoms with Crippen LogP contribution >= 0.6 is 0 Å². The molecule has 1 atom stereocenters. The third-order valence-electron chi connectivity index (χ3n) is 3.53. The van der Waals surface area contributed by atoms with Gasteiger partial charge in [-0.25, -0.2) is 0 Å². The van der Waals surface area contributed by atoms with E-state index in [-0.39, 0.29) is 11.6 Å². The van der Waals surface area contributed by atoms with E-state index >= 15 is 0 Å². The summed E-state index contributed by atoms with van der Waals surface area (Å²) in [6.45, 7) is 6.94. The second kappa shape index (κ2) is 8.01. The molecule has 1 heterocycles. The molecule has 1 unspecified atom stereocenters. The van der Waals surface area contributed by atoms with Gasteiger partial charge in [0.15, 0.2) is 5.96 Å². The number of nitrogens with zero attached hydrogens (tertiary/aromatic N) is 2. The molecule has 0 spiro atoms. The maximum absolute atomic E-state index is 12.4. The largest absolute Gasteiger partial charge is 0.401 e. The summed E-state index contributed by atoms with van der Waals surface area (Å²) in [4.78, 5) is 5.86. The normalized spacial score (nSPS) is 21.2. The summed E-state index contributed by atoms with van der Waals surface area (Å²) >= 11 is 0. The molecule has 8 heteroatoms. The van der Waals surface area contributed by atoms with Gasteiger partial charge in [-0.15, -0.1) is 0 Å². The van der Waals surface area contributed by atoms with Gasteiger partial charge in [0.05, 0.1) is 18.7 Å². The summed E-state index contributed by atoms with van der Waals surface area (Å²) in [6.07, 6.45) is -3.47. The second-order valence-corrected chi connectivity index (χ2v) is 6.14. The molecule has 1 aliphatic rings. The highest BCUT2D eigenvalue weighted by Gasteiger charge is 2.34. The van der Waals surface area contributed by atoms with Crippen LogP contribution in [-0.2, 0) is 4.74 Å². The third kappa shape index (κ3) is 7.31. The van der Waals surface area contributed by atoms with Gasteiger partial charge >= 0.3 is 6.18 Å². The van der Waals surface area contributed by atoms with Gasteiger partial charge in [-0.3, -0.25) is 9.89 Å². The number of aliphatic imine (C=N–C) groups is 1. The van der Waals surface area contributed by atoms with Gasteiger partial charge in [-0.1, -0.05) is 0 Å². The van der Waals surface area contributed by atoms with Crippen molar-refractivity contribution >= 4 is 5.96 Å². The molecule has 1 rings (SSSR count). The van der Waals surface area contributed by atoms with E-state index in [1.165, 1.54) is 4.90 Å². The Labute approximate surface area is 130 Å². The molecular weight excluding hydrogens is 297 g/mol. The molecule has 0 bridgehead atoms. The molecule has 1 aliphatic heterocycles. The number of methoxy groups -OCH3 is 1. The Morgan fingerprint density at radius 3 is 2.59 bits per heavy atom. The van der Waals surface area contributed by atoms with Gasteiger partial charge < -0.3 is 15.4 Å². The molecule has 1 saturated heterocycles. The first-order chi connectivity index (χ1) is 10.1. The molecule has 0 saturated carbocycles. The van der Waals surface area contributed by atoms with E-state index < -0.39 is 12.7 Å². The molecule has 0 aromatic rings. The lowest BCUT2D eigenvalue weighted by molar-refractivity contribution is -0.143. The van der Waals surface area contributed by atoms with Crippen LogP contribution < -0.4 is 10.6 Å². The number of rotatable bonds is 6. The Kier molecular flexibility index (Phi) is 6.93. The Hall–Kier alpha value is -1.02. The first-order valence-electron chi connectivity index (χ1n) is 7.54. The van der Waals surface area contributed by atoms with Gasteiger partial charge in [-0.05, 0) is 27.2 Å². The lowest BCUT2D eigenvalue weighted by atomic mass is 10.1. The second-order valence-electron chi connectivity index (χ2n) is 6.14. The van der Waals surface area contributed by atoms with Crippen molar-refractivity contribution in [2.45, 2.75) is 45.0 Å². The van der Waals surface area contributed by atoms with Gasteiger partial charge in [0.1, 0.15) is 0 Å². The fourth-order valence-electron chi connectivity index (χ4n) is 2.19. The fourth-order valence-corrected chi connectivity index (χ4v) is 2.19. The summed E-state index contributed by atoms with van der Waals surface area (Å²) in [5.74, 6) is 0.617. The molecular formula is C14H27F3N4O. The smallest absolute Gasteiger partial charge is 0.377 e. The number of hydrogen-bond donors (Lipinski definition) is 2. The summed E-state index contributed by atoms with van der Waals surface area (Å²) in [7, 11) is 1.63. The van der Waals surface area contributed by atoms with E-state index in [1.807, 2.05) is 20.8 Å². The van der Waals surface area contributed by atoms with Crippen molar-refractivity contribution in [1.82, 2.24) is 15.5 Å². The Morgan fingerprint density at radius 1 is 1.36 bits per heavy atom. The minimum atomic E-state index is -4.14. The lowest BCUT2D eigenvalue weighted by Gasteiger charge is -2.23. The van der Waals surface area contributed by atoms with Crippen molar-refractivity contribution in [1.29, 1.82) is 0 Å². The van der Waals surface area contributed by atoms with Crippen molar-refractivity contribution in [3.05, 3.63) is 0 Å². The SMILES string of the molecule is CCNC(=NCC(C)(C)OC)NC1CCN(CC(F)(F)F)C1. The van der Waals surface area contributed by atoms with Crippen LogP contribution in [0.5, 0.6) is 0 Å². The predicted molar refractivity (Wildman–Crippen MR) is 81.1 cm³/mol.